The second kappa shape index (κ2) is 5.21. The second-order valence-electron chi connectivity index (χ2n) is 5.00. The molecule has 90 valence electrons. The molecule has 0 aliphatic carbocycles. The molecular formula is C13H21NOS. The Hall–Kier alpha value is -0.510. The predicted molar refractivity (Wildman–Crippen MR) is 71.6 cm³/mol. The molecule has 0 saturated heterocycles. The highest BCUT2D eigenvalue weighted by molar-refractivity contribution is 8.00. The molecule has 0 aromatic heterocycles. The van der Waals surface area contributed by atoms with Crippen LogP contribution in [0.3, 0.4) is 0 Å². The van der Waals surface area contributed by atoms with Crippen LogP contribution in [0.15, 0.2) is 30.3 Å². The van der Waals surface area contributed by atoms with Crippen LogP contribution < -0.4 is 5.73 Å². The van der Waals surface area contributed by atoms with Crippen LogP contribution in [0.4, 0.5) is 0 Å². The molecule has 1 atom stereocenters. The van der Waals surface area contributed by atoms with Gasteiger partial charge in [0, 0.05) is 17.0 Å². The summed E-state index contributed by atoms with van der Waals surface area (Å²) in [7, 11) is 0. The molecule has 3 N–H and O–H groups in total. The largest absolute Gasteiger partial charge is 0.383 e. The van der Waals surface area contributed by atoms with Gasteiger partial charge in [0.25, 0.3) is 0 Å². The lowest BCUT2D eigenvalue weighted by Crippen LogP contribution is -2.38. The lowest BCUT2D eigenvalue weighted by molar-refractivity contribution is 0.0719. The van der Waals surface area contributed by atoms with Crippen molar-refractivity contribution in [3.8, 4) is 0 Å². The lowest BCUT2D eigenvalue weighted by Gasteiger charge is -2.30. The lowest BCUT2D eigenvalue weighted by atomic mass is 9.96. The third-order valence-electron chi connectivity index (χ3n) is 2.39. The highest BCUT2D eigenvalue weighted by Gasteiger charge is 2.29. The Morgan fingerprint density at radius 1 is 1.19 bits per heavy atom. The minimum Gasteiger partial charge on any atom is -0.383 e. The minimum atomic E-state index is -0.917. The first-order chi connectivity index (χ1) is 7.37. The van der Waals surface area contributed by atoms with Gasteiger partial charge in [0.1, 0.15) is 5.60 Å². The van der Waals surface area contributed by atoms with Gasteiger partial charge in [-0.3, -0.25) is 0 Å². The van der Waals surface area contributed by atoms with Crippen molar-refractivity contribution in [2.75, 3.05) is 12.3 Å². The molecule has 16 heavy (non-hydrogen) atoms. The Balaban J connectivity index is 2.79. The quantitative estimate of drug-likeness (QED) is 0.848. The highest BCUT2D eigenvalue weighted by atomic mass is 32.2. The number of rotatable bonds is 4. The first kappa shape index (κ1) is 13.6. The molecule has 3 heteroatoms. The standard InChI is InChI=1S/C13H21NOS/c1-12(2,3)16-10-13(15,9-14)11-7-5-4-6-8-11/h4-8,15H,9-10,14H2,1-3H3. The van der Waals surface area contributed by atoms with E-state index in [0.29, 0.717) is 5.75 Å². The highest BCUT2D eigenvalue weighted by Crippen LogP contribution is 2.31. The van der Waals surface area contributed by atoms with E-state index in [9.17, 15) is 5.11 Å². The number of aliphatic hydroxyl groups is 1. The van der Waals surface area contributed by atoms with Crippen molar-refractivity contribution in [2.24, 2.45) is 5.73 Å². The summed E-state index contributed by atoms with van der Waals surface area (Å²) in [6.45, 7) is 6.67. The summed E-state index contributed by atoms with van der Waals surface area (Å²) < 4.78 is 0.137. The maximum Gasteiger partial charge on any atom is 0.111 e. The van der Waals surface area contributed by atoms with Crippen molar-refractivity contribution in [2.45, 2.75) is 31.1 Å². The van der Waals surface area contributed by atoms with Gasteiger partial charge in [-0.1, -0.05) is 51.1 Å². The third kappa shape index (κ3) is 3.81. The van der Waals surface area contributed by atoms with Crippen LogP contribution in [0.5, 0.6) is 0 Å². The van der Waals surface area contributed by atoms with E-state index in [0.717, 1.165) is 5.56 Å². The molecular weight excluding hydrogens is 218 g/mol. The molecule has 0 spiro atoms. The molecule has 0 heterocycles. The molecule has 0 aliphatic rings. The van der Waals surface area contributed by atoms with Crippen molar-refractivity contribution in [3.63, 3.8) is 0 Å². The summed E-state index contributed by atoms with van der Waals surface area (Å²) in [5.41, 5.74) is 5.69. The number of thioether (sulfide) groups is 1. The predicted octanol–water partition coefficient (Wildman–Crippen LogP) is 2.36. The summed E-state index contributed by atoms with van der Waals surface area (Å²) in [4.78, 5) is 0. The van der Waals surface area contributed by atoms with Crippen LogP contribution in [-0.2, 0) is 5.60 Å². The van der Waals surface area contributed by atoms with Crippen molar-refractivity contribution < 1.29 is 5.11 Å². The first-order valence-electron chi connectivity index (χ1n) is 5.49. The molecule has 0 radical (unpaired) electrons. The Bertz CT molecular complexity index is 320. The fraction of sp³-hybridized carbons (Fsp3) is 0.538. The average Bonchev–Trinajstić information content (AvgIpc) is 2.26. The zero-order valence-corrected chi connectivity index (χ0v) is 11.1. The van der Waals surface area contributed by atoms with E-state index in [4.69, 9.17) is 5.73 Å². The SMILES string of the molecule is CC(C)(C)SCC(O)(CN)c1ccccc1. The molecule has 1 aromatic carbocycles. The summed E-state index contributed by atoms with van der Waals surface area (Å²) >= 11 is 1.73. The van der Waals surface area contributed by atoms with Crippen LogP contribution in [0.25, 0.3) is 0 Å². The zero-order valence-electron chi connectivity index (χ0n) is 10.2. The summed E-state index contributed by atoms with van der Waals surface area (Å²) in [6.07, 6.45) is 0. The van der Waals surface area contributed by atoms with Gasteiger partial charge >= 0.3 is 0 Å². The topological polar surface area (TPSA) is 46.2 Å². The number of hydrogen-bond donors (Lipinski definition) is 2. The monoisotopic (exact) mass is 239 g/mol. The van der Waals surface area contributed by atoms with Crippen LogP contribution in [0, 0.1) is 0 Å². The van der Waals surface area contributed by atoms with E-state index < -0.39 is 5.60 Å². The van der Waals surface area contributed by atoms with Gasteiger partial charge in [0.05, 0.1) is 0 Å². The van der Waals surface area contributed by atoms with E-state index in [-0.39, 0.29) is 11.3 Å². The van der Waals surface area contributed by atoms with Gasteiger partial charge in [0.2, 0.25) is 0 Å². The Kier molecular flexibility index (Phi) is 4.42. The third-order valence-corrected chi connectivity index (χ3v) is 3.88. The molecule has 0 saturated carbocycles. The normalized spacial score (nSPS) is 15.8. The van der Waals surface area contributed by atoms with Crippen molar-refractivity contribution in [1.82, 2.24) is 0 Å². The van der Waals surface area contributed by atoms with Crippen LogP contribution in [0.2, 0.25) is 0 Å². The number of benzene rings is 1. The van der Waals surface area contributed by atoms with E-state index in [2.05, 4.69) is 20.8 Å². The fourth-order valence-electron chi connectivity index (χ4n) is 1.34. The maximum atomic E-state index is 10.5. The molecule has 1 aromatic rings. The molecule has 0 aliphatic heterocycles. The summed E-state index contributed by atoms with van der Waals surface area (Å²) in [5, 5.41) is 10.5. The Morgan fingerprint density at radius 2 is 1.75 bits per heavy atom. The zero-order chi connectivity index (χ0) is 12.2. The van der Waals surface area contributed by atoms with Crippen molar-refractivity contribution in [1.29, 1.82) is 0 Å². The Morgan fingerprint density at radius 3 is 2.19 bits per heavy atom. The summed E-state index contributed by atoms with van der Waals surface area (Å²) in [6, 6.07) is 9.65. The maximum absolute atomic E-state index is 10.5. The smallest absolute Gasteiger partial charge is 0.111 e. The van der Waals surface area contributed by atoms with Crippen LogP contribution in [-0.4, -0.2) is 22.2 Å². The van der Waals surface area contributed by atoms with Gasteiger partial charge in [-0.25, -0.2) is 0 Å². The molecule has 0 bridgehead atoms. The van der Waals surface area contributed by atoms with Gasteiger partial charge in [-0.2, -0.15) is 11.8 Å². The van der Waals surface area contributed by atoms with E-state index in [1.807, 2.05) is 30.3 Å². The van der Waals surface area contributed by atoms with Crippen LogP contribution in [0.1, 0.15) is 26.3 Å². The van der Waals surface area contributed by atoms with Gasteiger partial charge in [-0.15, -0.1) is 0 Å². The molecule has 1 rings (SSSR count). The summed E-state index contributed by atoms with van der Waals surface area (Å²) in [5.74, 6) is 0.622. The fourth-order valence-corrected chi connectivity index (χ4v) is 2.30. The van der Waals surface area contributed by atoms with E-state index >= 15 is 0 Å². The molecule has 0 fully saturated rings. The van der Waals surface area contributed by atoms with Gasteiger partial charge in [0.15, 0.2) is 0 Å². The Labute approximate surface area is 102 Å². The molecule has 1 unspecified atom stereocenters. The van der Waals surface area contributed by atoms with Gasteiger partial charge < -0.3 is 10.8 Å². The average molecular weight is 239 g/mol. The minimum absolute atomic E-state index is 0.137. The molecule has 2 nitrogen and oxygen atoms in total. The van der Waals surface area contributed by atoms with Crippen molar-refractivity contribution >= 4 is 11.8 Å². The molecule has 0 amide bonds. The number of nitrogens with two attached hydrogens (primary N) is 1. The number of hydrogen-bond acceptors (Lipinski definition) is 3. The first-order valence-corrected chi connectivity index (χ1v) is 6.48. The van der Waals surface area contributed by atoms with Crippen molar-refractivity contribution in [3.05, 3.63) is 35.9 Å². The van der Waals surface area contributed by atoms with Gasteiger partial charge in [-0.05, 0) is 5.56 Å². The van der Waals surface area contributed by atoms with E-state index in [1.165, 1.54) is 0 Å². The van der Waals surface area contributed by atoms with E-state index in [1.54, 1.807) is 11.8 Å². The van der Waals surface area contributed by atoms with Crippen LogP contribution >= 0.6 is 11.8 Å². The second-order valence-corrected chi connectivity index (χ2v) is 6.80.